The third kappa shape index (κ3) is 44.3. The van der Waals surface area contributed by atoms with Crippen molar-refractivity contribution < 1.29 is 42.9 Å². The summed E-state index contributed by atoms with van der Waals surface area (Å²) in [7, 11) is 5.88. The number of carboxylic acid groups (broad SMARTS) is 1. The van der Waals surface area contributed by atoms with Crippen molar-refractivity contribution in [2.45, 2.75) is 180 Å². The fourth-order valence-electron chi connectivity index (χ4n) is 5.94. The summed E-state index contributed by atoms with van der Waals surface area (Å²) in [6.45, 7) is 4.54. The first-order chi connectivity index (χ1) is 29.6. The molecule has 0 fully saturated rings. The number of likely N-dealkylation sites (N-methyl/N-ethyl adjacent to an activating group) is 1. The summed E-state index contributed by atoms with van der Waals surface area (Å²) in [6.07, 6.45) is 51.9. The highest BCUT2D eigenvalue weighted by atomic mass is 16.7. The minimum absolute atomic E-state index is 0.133. The summed E-state index contributed by atoms with van der Waals surface area (Å²) in [5.41, 5.74) is 0. The standard InChI is InChI=1S/C52H87NO8/c1-6-8-10-12-14-16-18-20-22-23-24-25-26-27-29-31-33-35-37-39-41-43-50(55)61-48(47-60-52(51(56)57)58-45-44-53(3,4)5)46-59-49(54)42-40-38-36-34-32-30-28-21-19-17-15-13-11-9-7-2/h8,10,14,16,20-22,24-25,27-29,33,35,48,52H,6-7,9,11-13,15,17-19,23,26,30-32,34,36-47H2,1-5H3/b10-8-,16-14-,22-20-,25-24-,28-21-,29-27-,35-33-. The van der Waals surface area contributed by atoms with Crippen LogP contribution in [0.2, 0.25) is 0 Å². The quantitative estimate of drug-likeness (QED) is 0.0196. The molecule has 348 valence electrons. The molecular formula is C52H87NO8. The Hall–Kier alpha value is -3.53. The van der Waals surface area contributed by atoms with Crippen LogP contribution in [0.4, 0.5) is 0 Å². The van der Waals surface area contributed by atoms with Gasteiger partial charge in [-0.25, -0.2) is 0 Å². The Morgan fingerprint density at radius 1 is 0.508 bits per heavy atom. The van der Waals surface area contributed by atoms with Crippen molar-refractivity contribution in [3.05, 3.63) is 85.1 Å². The first-order valence-corrected chi connectivity index (χ1v) is 23.7. The highest BCUT2D eigenvalue weighted by Gasteiger charge is 2.21. The lowest BCUT2D eigenvalue weighted by molar-refractivity contribution is -0.870. The number of nitrogens with zero attached hydrogens (tertiary/aromatic N) is 1. The van der Waals surface area contributed by atoms with Crippen LogP contribution in [0.3, 0.4) is 0 Å². The van der Waals surface area contributed by atoms with E-state index < -0.39 is 24.3 Å². The maximum atomic E-state index is 12.8. The molecule has 61 heavy (non-hydrogen) atoms. The summed E-state index contributed by atoms with van der Waals surface area (Å²) in [6, 6.07) is 0. The SMILES string of the molecule is CC/C=C\C/C=C\C/C=C\C/C=C\C/C=C\C/C=C\CCCCC(=O)OC(COC(=O)CCCCCCC/C=C\CCCCCCCC)COC(OCC[N+](C)(C)C)C(=O)[O-]. The van der Waals surface area contributed by atoms with E-state index in [1.165, 1.54) is 44.9 Å². The van der Waals surface area contributed by atoms with Gasteiger partial charge in [0.05, 0.1) is 40.3 Å². The monoisotopic (exact) mass is 854 g/mol. The molecule has 0 N–H and O–H groups in total. The second kappa shape index (κ2) is 43.1. The number of rotatable bonds is 42. The van der Waals surface area contributed by atoms with Crippen molar-refractivity contribution in [2.75, 3.05) is 47.5 Å². The molecule has 0 saturated heterocycles. The number of ether oxygens (including phenoxy) is 4. The Kier molecular flexibility index (Phi) is 40.6. The average Bonchev–Trinajstić information content (AvgIpc) is 3.22. The number of hydrogen-bond acceptors (Lipinski definition) is 8. The van der Waals surface area contributed by atoms with Crippen molar-refractivity contribution in [1.82, 2.24) is 0 Å². The molecule has 0 radical (unpaired) electrons. The third-order valence-electron chi connectivity index (χ3n) is 9.63. The normalized spacial score (nSPS) is 13.7. The first-order valence-electron chi connectivity index (χ1n) is 23.7. The van der Waals surface area contributed by atoms with Gasteiger partial charge in [-0.2, -0.15) is 0 Å². The van der Waals surface area contributed by atoms with E-state index >= 15 is 0 Å². The molecule has 0 heterocycles. The minimum atomic E-state index is -1.64. The Morgan fingerprint density at radius 2 is 0.934 bits per heavy atom. The van der Waals surface area contributed by atoms with Crippen molar-refractivity contribution in [3.8, 4) is 0 Å². The predicted molar refractivity (Wildman–Crippen MR) is 251 cm³/mol. The smallest absolute Gasteiger partial charge is 0.306 e. The van der Waals surface area contributed by atoms with Crippen LogP contribution in [0.15, 0.2) is 85.1 Å². The number of allylic oxidation sites excluding steroid dienone is 14. The van der Waals surface area contributed by atoms with Gasteiger partial charge in [-0.3, -0.25) is 9.59 Å². The second-order valence-electron chi connectivity index (χ2n) is 16.7. The van der Waals surface area contributed by atoms with E-state index in [0.29, 0.717) is 17.4 Å². The largest absolute Gasteiger partial charge is 0.545 e. The van der Waals surface area contributed by atoms with Gasteiger partial charge in [0.15, 0.2) is 12.4 Å². The van der Waals surface area contributed by atoms with Crippen LogP contribution in [0, 0.1) is 0 Å². The number of esters is 2. The molecule has 0 aliphatic heterocycles. The minimum Gasteiger partial charge on any atom is -0.545 e. The summed E-state index contributed by atoms with van der Waals surface area (Å²) < 4.78 is 22.5. The van der Waals surface area contributed by atoms with Crippen molar-refractivity contribution in [3.63, 3.8) is 0 Å². The van der Waals surface area contributed by atoms with Gasteiger partial charge in [-0.05, 0) is 89.9 Å². The van der Waals surface area contributed by atoms with Crippen molar-refractivity contribution >= 4 is 17.9 Å². The fourth-order valence-corrected chi connectivity index (χ4v) is 5.94. The lowest BCUT2D eigenvalue weighted by atomic mass is 10.1. The molecule has 0 aromatic carbocycles. The number of carbonyl (C=O) groups is 3. The highest BCUT2D eigenvalue weighted by Crippen LogP contribution is 2.12. The van der Waals surface area contributed by atoms with E-state index in [2.05, 4.69) is 98.9 Å². The zero-order valence-electron chi connectivity index (χ0n) is 39.2. The van der Waals surface area contributed by atoms with Crippen LogP contribution in [-0.2, 0) is 33.3 Å². The van der Waals surface area contributed by atoms with Crippen LogP contribution < -0.4 is 5.11 Å². The molecule has 0 spiro atoms. The molecule has 0 aromatic rings. The molecule has 0 bridgehead atoms. The number of quaternary nitrogens is 1. The van der Waals surface area contributed by atoms with Gasteiger partial charge in [0.1, 0.15) is 13.2 Å². The zero-order valence-corrected chi connectivity index (χ0v) is 39.2. The molecule has 0 aliphatic carbocycles. The Labute approximate surface area is 372 Å². The van der Waals surface area contributed by atoms with Gasteiger partial charge in [0, 0.05) is 12.8 Å². The van der Waals surface area contributed by atoms with Crippen molar-refractivity contribution in [1.29, 1.82) is 0 Å². The average molecular weight is 854 g/mol. The van der Waals surface area contributed by atoms with E-state index in [4.69, 9.17) is 18.9 Å². The van der Waals surface area contributed by atoms with Crippen LogP contribution in [0.1, 0.15) is 168 Å². The highest BCUT2D eigenvalue weighted by molar-refractivity contribution is 5.70. The third-order valence-corrected chi connectivity index (χ3v) is 9.63. The van der Waals surface area contributed by atoms with Gasteiger partial charge >= 0.3 is 11.9 Å². The molecule has 2 unspecified atom stereocenters. The molecule has 0 saturated carbocycles. The molecule has 0 aromatic heterocycles. The zero-order chi connectivity index (χ0) is 44.9. The summed E-state index contributed by atoms with van der Waals surface area (Å²) in [4.78, 5) is 37.0. The maximum Gasteiger partial charge on any atom is 0.306 e. The lowest BCUT2D eigenvalue weighted by Gasteiger charge is -2.26. The van der Waals surface area contributed by atoms with Gasteiger partial charge in [-0.1, -0.05) is 150 Å². The number of carboxylic acids is 1. The van der Waals surface area contributed by atoms with Gasteiger partial charge in [0.2, 0.25) is 0 Å². The molecule has 9 heteroatoms. The summed E-state index contributed by atoms with van der Waals surface area (Å²) in [5, 5.41) is 11.7. The van der Waals surface area contributed by atoms with E-state index in [1.807, 2.05) is 21.1 Å². The van der Waals surface area contributed by atoms with Gasteiger partial charge < -0.3 is 33.3 Å². The topological polar surface area (TPSA) is 111 Å². The lowest BCUT2D eigenvalue weighted by Crippen LogP contribution is -2.44. The van der Waals surface area contributed by atoms with E-state index in [1.54, 1.807) is 0 Å². The molecule has 0 rings (SSSR count). The molecule has 0 aliphatic rings. The molecular weight excluding hydrogens is 767 g/mol. The molecule has 9 nitrogen and oxygen atoms in total. The maximum absolute atomic E-state index is 12.8. The number of aliphatic carboxylic acids is 1. The van der Waals surface area contributed by atoms with E-state index in [0.717, 1.165) is 89.9 Å². The van der Waals surface area contributed by atoms with Gasteiger partial charge in [-0.15, -0.1) is 0 Å². The van der Waals surface area contributed by atoms with Crippen LogP contribution in [-0.4, -0.2) is 82.3 Å². The summed E-state index contributed by atoms with van der Waals surface area (Å²) in [5.74, 6) is -2.37. The van der Waals surface area contributed by atoms with Crippen molar-refractivity contribution in [2.24, 2.45) is 0 Å². The Bertz CT molecular complexity index is 1270. The molecule has 0 amide bonds. The number of unbranched alkanes of at least 4 members (excludes halogenated alkanes) is 13. The van der Waals surface area contributed by atoms with Crippen LogP contribution >= 0.6 is 0 Å². The fraction of sp³-hybridized carbons (Fsp3) is 0.673. The van der Waals surface area contributed by atoms with Crippen LogP contribution in [0.25, 0.3) is 0 Å². The second-order valence-corrected chi connectivity index (χ2v) is 16.7. The number of carbonyl (C=O) groups excluding carboxylic acids is 3. The van der Waals surface area contributed by atoms with E-state index in [-0.39, 0.29) is 38.6 Å². The summed E-state index contributed by atoms with van der Waals surface area (Å²) >= 11 is 0. The van der Waals surface area contributed by atoms with Gasteiger partial charge in [0.25, 0.3) is 0 Å². The Balaban J connectivity index is 4.53. The molecule has 2 atom stereocenters. The number of hydrogen-bond donors (Lipinski definition) is 0. The Morgan fingerprint density at radius 3 is 1.44 bits per heavy atom. The predicted octanol–water partition coefficient (Wildman–Crippen LogP) is 11.6. The van der Waals surface area contributed by atoms with E-state index in [9.17, 15) is 19.5 Å². The van der Waals surface area contributed by atoms with Crippen LogP contribution in [0.5, 0.6) is 0 Å². The first kappa shape index (κ1) is 57.5.